The predicted octanol–water partition coefficient (Wildman–Crippen LogP) is 3.60. The van der Waals surface area contributed by atoms with E-state index in [0.717, 1.165) is 4.31 Å². The second kappa shape index (κ2) is 10.4. The van der Waals surface area contributed by atoms with Crippen molar-refractivity contribution in [3.8, 4) is 0 Å². The molecule has 0 bridgehead atoms. The number of carbonyl (C=O) groups is 1. The first-order chi connectivity index (χ1) is 13.2. The van der Waals surface area contributed by atoms with Crippen LogP contribution in [0.4, 0.5) is 0 Å². The van der Waals surface area contributed by atoms with E-state index in [4.69, 9.17) is 39.5 Å². The van der Waals surface area contributed by atoms with Gasteiger partial charge in [-0.05, 0) is 42.0 Å². The molecule has 0 radical (unpaired) electrons. The molecule has 2 aromatic carbocycles. The Morgan fingerprint density at radius 2 is 1.75 bits per heavy atom. The second-order valence-electron chi connectivity index (χ2n) is 5.82. The van der Waals surface area contributed by atoms with Crippen molar-refractivity contribution >= 4 is 50.7 Å². The van der Waals surface area contributed by atoms with Crippen molar-refractivity contribution < 1.29 is 17.9 Å². The lowest BCUT2D eigenvalue weighted by Gasteiger charge is -2.22. The zero-order valence-electron chi connectivity index (χ0n) is 15.0. The van der Waals surface area contributed by atoms with Crippen molar-refractivity contribution in [2.45, 2.75) is 11.4 Å². The van der Waals surface area contributed by atoms with Gasteiger partial charge in [0.05, 0.1) is 28.1 Å². The molecule has 0 fully saturated rings. The standard InChI is InChI=1S/C18H19Cl3N2O4S/c1-27-9-8-22-18(24)12-23(11-13-2-7-16(20)17(21)10-13)28(25,26)15-5-3-14(19)4-6-15/h2-7,10H,8-9,11-12H2,1H3,(H,22,24). The maximum absolute atomic E-state index is 13.1. The van der Waals surface area contributed by atoms with Gasteiger partial charge in [-0.2, -0.15) is 4.31 Å². The van der Waals surface area contributed by atoms with E-state index in [2.05, 4.69) is 5.32 Å². The number of halogens is 3. The van der Waals surface area contributed by atoms with Crippen LogP contribution < -0.4 is 5.32 Å². The predicted molar refractivity (Wildman–Crippen MR) is 110 cm³/mol. The molecule has 10 heteroatoms. The molecular formula is C18H19Cl3N2O4S. The molecule has 2 rings (SSSR count). The lowest BCUT2D eigenvalue weighted by atomic mass is 10.2. The molecule has 1 N–H and O–H groups in total. The third-order valence-corrected chi connectivity index (χ3v) is 6.54. The van der Waals surface area contributed by atoms with E-state index >= 15 is 0 Å². The molecule has 0 aliphatic rings. The number of benzene rings is 2. The number of carbonyl (C=O) groups excluding carboxylic acids is 1. The molecule has 0 saturated heterocycles. The second-order valence-corrected chi connectivity index (χ2v) is 9.01. The molecule has 0 aromatic heterocycles. The normalized spacial score (nSPS) is 11.6. The summed E-state index contributed by atoms with van der Waals surface area (Å²) in [5.74, 6) is -0.449. The number of hydrogen-bond acceptors (Lipinski definition) is 4. The first kappa shape index (κ1) is 22.9. The van der Waals surface area contributed by atoms with Gasteiger partial charge in [0.15, 0.2) is 0 Å². The summed E-state index contributed by atoms with van der Waals surface area (Å²) in [6, 6.07) is 10.5. The van der Waals surface area contributed by atoms with E-state index in [1.165, 1.54) is 31.4 Å². The maximum Gasteiger partial charge on any atom is 0.243 e. The maximum atomic E-state index is 13.1. The Morgan fingerprint density at radius 3 is 2.36 bits per heavy atom. The van der Waals surface area contributed by atoms with E-state index in [9.17, 15) is 13.2 Å². The monoisotopic (exact) mass is 464 g/mol. The van der Waals surface area contributed by atoms with Crippen LogP contribution in [0.25, 0.3) is 0 Å². The van der Waals surface area contributed by atoms with E-state index in [1.807, 2.05) is 0 Å². The van der Waals surface area contributed by atoms with Crippen LogP contribution in [0, 0.1) is 0 Å². The van der Waals surface area contributed by atoms with Crippen LogP contribution >= 0.6 is 34.8 Å². The number of sulfonamides is 1. The van der Waals surface area contributed by atoms with Gasteiger partial charge in [0.1, 0.15) is 0 Å². The van der Waals surface area contributed by atoms with Gasteiger partial charge in [0.25, 0.3) is 0 Å². The van der Waals surface area contributed by atoms with Crippen molar-refractivity contribution in [1.29, 1.82) is 0 Å². The quantitative estimate of drug-likeness (QED) is 0.574. The van der Waals surface area contributed by atoms with Crippen molar-refractivity contribution in [2.24, 2.45) is 0 Å². The summed E-state index contributed by atoms with van der Waals surface area (Å²) < 4.78 is 32.1. The minimum Gasteiger partial charge on any atom is -0.383 e. The van der Waals surface area contributed by atoms with Crippen molar-refractivity contribution in [2.75, 3.05) is 26.8 Å². The van der Waals surface area contributed by atoms with E-state index < -0.39 is 15.9 Å². The number of nitrogens with zero attached hydrogens (tertiary/aromatic N) is 1. The number of rotatable bonds is 9. The minimum atomic E-state index is -3.96. The summed E-state index contributed by atoms with van der Waals surface area (Å²) in [4.78, 5) is 12.3. The summed E-state index contributed by atoms with van der Waals surface area (Å²) >= 11 is 17.8. The van der Waals surface area contributed by atoms with Crippen LogP contribution in [-0.2, 0) is 26.1 Å². The third kappa shape index (κ3) is 6.34. The van der Waals surface area contributed by atoms with Gasteiger partial charge in [0, 0.05) is 25.2 Å². The molecule has 0 aliphatic heterocycles. The highest BCUT2D eigenvalue weighted by molar-refractivity contribution is 7.89. The zero-order chi connectivity index (χ0) is 20.7. The highest BCUT2D eigenvalue weighted by Gasteiger charge is 2.27. The van der Waals surface area contributed by atoms with Gasteiger partial charge in [0.2, 0.25) is 15.9 Å². The van der Waals surface area contributed by atoms with Crippen LogP contribution in [0.2, 0.25) is 15.1 Å². The Bertz CT molecular complexity index is 921. The Balaban J connectivity index is 2.30. The summed E-state index contributed by atoms with van der Waals surface area (Å²) in [7, 11) is -2.45. The van der Waals surface area contributed by atoms with Crippen molar-refractivity contribution in [3.05, 3.63) is 63.1 Å². The molecule has 0 atom stereocenters. The Hall–Kier alpha value is -1.35. The van der Waals surface area contributed by atoms with Crippen molar-refractivity contribution in [1.82, 2.24) is 9.62 Å². The summed E-state index contributed by atoms with van der Waals surface area (Å²) in [6.45, 7) is 0.174. The highest BCUT2D eigenvalue weighted by Crippen LogP contribution is 2.25. The van der Waals surface area contributed by atoms with Gasteiger partial charge < -0.3 is 10.1 Å². The highest BCUT2D eigenvalue weighted by atomic mass is 35.5. The van der Waals surface area contributed by atoms with Crippen LogP contribution in [0.1, 0.15) is 5.56 Å². The fourth-order valence-corrected chi connectivity index (χ4v) is 4.16. The van der Waals surface area contributed by atoms with Crippen LogP contribution in [0.15, 0.2) is 47.4 Å². The van der Waals surface area contributed by atoms with E-state index in [1.54, 1.807) is 18.2 Å². The minimum absolute atomic E-state index is 0.0293. The summed E-state index contributed by atoms with van der Waals surface area (Å²) in [5, 5.41) is 3.68. The lowest BCUT2D eigenvalue weighted by Crippen LogP contribution is -2.41. The van der Waals surface area contributed by atoms with Gasteiger partial charge in [-0.3, -0.25) is 4.79 Å². The third-order valence-electron chi connectivity index (χ3n) is 3.74. The van der Waals surface area contributed by atoms with Crippen LogP contribution in [0.3, 0.4) is 0 Å². The molecule has 0 aliphatic carbocycles. The molecule has 0 spiro atoms. The molecule has 0 heterocycles. The van der Waals surface area contributed by atoms with Crippen LogP contribution in [-0.4, -0.2) is 45.4 Å². The molecule has 152 valence electrons. The van der Waals surface area contributed by atoms with Gasteiger partial charge in [-0.25, -0.2) is 8.42 Å². The first-order valence-corrected chi connectivity index (χ1v) is 10.8. The molecule has 0 saturated carbocycles. The molecule has 1 amide bonds. The lowest BCUT2D eigenvalue weighted by molar-refractivity contribution is -0.121. The smallest absolute Gasteiger partial charge is 0.243 e. The number of amides is 1. The van der Waals surface area contributed by atoms with E-state index in [-0.39, 0.29) is 24.5 Å². The Morgan fingerprint density at radius 1 is 1.07 bits per heavy atom. The zero-order valence-corrected chi connectivity index (χ0v) is 18.1. The average molecular weight is 466 g/mol. The van der Waals surface area contributed by atoms with Gasteiger partial charge in [-0.15, -0.1) is 0 Å². The average Bonchev–Trinajstić information content (AvgIpc) is 2.64. The number of ether oxygens (including phenoxy) is 1. The van der Waals surface area contributed by atoms with Gasteiger partial charge in [-0.1, -0.05) is 40.9 Å². The van der Waals surface area contributed by atoms with Gasteiger partial charge >= 0.3 is 0 Å². The number of hydrogen-bond donors (Lipinski definition) is 1. The topological polar surface area (TPSA) is 75.7 Å². The molecule has 28 heavy (non-hydrogen) atoms. The number of methoxy groups -OCH3 is 1. The molecule has 6 nitrogen and oxygen atoms in total. The fraction of sp³-hybridized carbons (Fsp3) is 0.278. The SMILES string of the molecule is COCCNC(=O)CN(Cc1ccc(Cl)c(Cl)c1)S(=O)(=O)c1ccc(Cl)cc1. The summed E-state index contributed by atoms with van der Waals surface area (Å²) in [5.41, 5.74) is 0.594. The largest absolute Gasteiger partial charge is 0.383 e. The summed E-state index contributed by atoms with van der Waals surface area (Å²) in [6.07, 6.45) is 0. The molecule has 2 aromatic rings. The van der Waals surface area contributed by atoms with Crippen LogP contribution in [0.5, 0.6) is 0 Å². The molecular weight excluding hydrogens is 447 g/mol. The number of nitrogens with one attached hydrogen (secondary N) is 1. The first-order valence-electron chi connectivity index (χ1n) is 8.19. The fourth-order valence-electron chi connectivity index (χ4n) is 2.33. The Labute approximate surface area is 179 Å². The van der Waals surface area contributed by atoms with Crippen molar-refractivity contribution in [3.63, 3.8) is 0 Å². The molecule has 0 unspecified atom stereocenters. The van der Waals surface area contributed by atoms with E-state index in [0.29, 0.717) is 27.2 Å². The Kier molecular flexibility index (Phi) is 8.55.